The first kappa shape index (κ1) is 14.8. The van der Waals surface area contributed by atoms with Crippen LogP contribution in [0, 0.1) is 20.8 Å². The summed E-state index contributed by atoms with van der Waals surface area (Å²) in [7, 11) is 0. The van der Waals surface area contributed by atoms with Gasteiger partial charge >= 0.3 is 0 Å². The van der Waals surface area contributed by atoms with Gasteiger partial charge < -0.3 is 9.47 Å². The van der Waals surface area contributed by atoms with Crippen LogP contribution in [0.4, 0.5) is 0 Å². The molecule has 0 aromatic carbocycles. The van der Waals surface area contributed by atoms with E-state index in [1.54, 1.807) is 6.20 Å². The van der Waals surface area contributed by atoms with Gasteiger partial charge in [0.25, 0.3) is 5.91 Å². The maximum atomic E-state index is 12.7. The van der Waals surface area contributed by atoms with Gasteiger partial charge in [0, 0.05) is 37.2 Å². The van der Waals surface area contributed by atoms with E-state index in [2.05, 4.69) is 21.6 Å². The van der Waals surface area contributed by atoms with Gasteiger partial charge in [0.1, 0.15) is 5.82 Å². The number of rotatable bonds is 3. The molecule has 6 nitrogen and oxygen atoms in total. The molecule has 1 fully saturated rings. The highest BCUT2D eigenvalue weighted by Gasteiger charge is 2.30. The quantitative estimate of drug-likeness (QED) is 0.872. The monoisotopic (exact) mass is 301 g/mol. The number of imidazole rings is 1. The van der Waals surface area contributed by atoms with Gasteiger partial charge in [-0.1, -0.05) is 0 Å². The van der Waals surface area contributed by atoms with E-state index in [9.17, 15) is 4.79 Å². The first-order valence-corrected chi connectivity index (χ1v) is 7.85. The summed E-state index contributed by atoms with van der Waals surface area (Å²) in [6, 6.07) is 0.327. The van der Waals surface area contributed by atoms with Crippen LogP contribution in [-0.4, -0.2) is 43.2 Å². The van der Waals surface area contributed by atoms with Crippen molar-refractivity contribution in [3.63, 3.8) is 0 Å². The number of hydrogen-bond acceptors (Lipinski definition) is 3. The van der Waals surface area contributed by atoms with Gasteiger partial charge in [-0.2, -0.15) is 5.10 Å². The van der Waals surface area contributed by atoms with Crippen LogP contribution in [0.2, 0.25) is 0 Å². The molecule has 6 heteroatoms. The molecule has 1 amide bonds. The van der Waals surface area contributed by atoms with E-state index < -0.39 is 0 Å². The lowest BCUT2D eigenvalue weighted by Gasteiger charge is -2.18. The minimum atomic E-state index is 0.0927. The maximum Gasteiger partial charge on any atom is 0.257 e. The van der Waals surface area contributed by atoms with Gasteiger partial charge in [0.2, 0.25) is 0 Å². The van der Waals surface area contributed by atoms with Crippen molar-refractivity contribution in [1.82, 2.24) is 24.2 Å². The minimum Gasteiger partial charge on any atom is -0.336 e. The zero-order valence-corrected chi connectivity index (χ0v) is 13.7. The number of hydrogen-bond donors (Lipinski definition) is 0. The highest BCUT2D eigenvalue weighted by atomic mass is 16.2. The summed E-state index contributed by atoms with van der Waals surface area (Å²) < 4.78 is 4.11. The second-order valence-corrected chi connectivity index (χ2v) is 5.97. The normalized spacial score (nSPS) is 18.2. The van der Waals surface area contributed by atoms with Crippen LogP contribution in [0.15, 0.2) is 12.4 Å². The van der Waals surface area contributed by atoms with Crippen LogP contribution in [-0.2, 0) is 6.54 Å². The van der Waals surface area contributed by atoms with Crippen molar-refractivity contribution < 1.29 is 4.79 Å². The summed E-state index contributed by atoms with van der Waals surface area (Å²) in [5, 5.41) is 4.28. The molecule has 3 heterocycles. The molecule has 0 bridgehead atoms. The van der Waals surface area contributed by atoms with Crippen LogP contribution < -0.4 is 0 Å². The van der Waals surface area contributed by atoms with E-state index in [0.717, 1.165) is 48.8 Å². The Hall–Kier alpha value is -2.11. The van der Waals surface area contributed by atoms with E-state index in [1.807, 2.05) is 36.5 Å². The first-order chi connectivity index (χ1) is 10.5. The van der Waals surface area contributed by atoms with Crippen LogP contribution in [0.25, 0.3) is 0 Å². The zero-order chi connectivity index (χ0) is 15.9. The third-order valence-electron chi connectivity index (χ3n) is 4.62. The Bertz CT molecular complexity index is 680. The fourth-order valence-electron chi connectivity index (χ4n) is 3.40. The lowest BCUT2D eigenvalue weighted by atomic mass is 10.2. The van der Waals surface area contributed by atoms with Crippen molar-refractivity contribution in [2.45, 2.75) is 46.7 Å². The van der Waals surface area contributed by atoms with Gasteiger partial charge in [-0.15, -0.1) is 0 Å². The first-order valence-electron chi connectivity index (χ1n) is 7.85. The zero-order valence-electron chi connectivity index (χ0n) is 13.7. The molecule has 0 saturated carbocycles. The average molecular weight is 301 g/mol. The molecular weight excluding hydrogens is 278 g/mol. The van der Waals surface area contributed by atoms with Crippen LogP contribution >= 0.6 is 0 Å². The Morgan fingerprint density at radius 1 is 1.32 bits per heavy atom. The summed E-state index contributed by atoms with van der Waals surface area (Å²) in [6.07, 6.45) is 4.57. The van der Waals surface area contributed by atoms with Crippen molar-refractivity contribution >= 4 is 5.91 Å². The molecule has 1 atom stereocenters. The lowest BCUT2D eigenvalue weighted by Crippen LogP contribution is -2.29. The Labute approximate surface area is 130 Å². The molecular formula is C16H23N5O. The SMILES string of the molecule is CCn1ncc(C(=O)N2CCC(n3c(C)cnc3C)C2)c1C. The minimum absolute atomic E-state index is 0.0927. The summed E-state index contributed by atoms with van der Waals surface area (Å²) in [6.45, 7) is 10.4. The van der Waals surface area contributed by atoms with Crippen LogP contribution in [0.3, 0.4) is 0 Å². The number of carbonyl (C=O) groups is 1. The van der Waals surface area contributed by atoms with Crippen molar-refractivity contribution in [2.75, 3.05) is 13.1 Å². The van der Waals surface area contributed by atoms with E-state index in [1.165, 1.54) is 0 Å². The summed E-state index contributed by atoms with van der Waals surface area (Å²) in [5.74, 6) is 1.11. The Kier molecular flexibility index (Phi) is 3.76. The molecule has 2 aromatic rings. The Morgan fingerprint density at radius 2 is 2.09 bits per heavy atom. The van der Waals surface area contributed by atoms with Crippen LogP contribution in [0.1, 0.15) is 47.0 Å². The van der Waals surface area contributed by atoms with Crippen LogP contribution in [0.5, 0.6) is 0 Å². The molecule has 0 N–H and O–H groups in total. The molecule has 2 aromatic heterocycles. The summed E-state index contributed by atoms with van der Waals surface area (Å²) >= 11 is 0. The number of aromatic nitrogens is 4. The molecule has 1 aliphatic heterocycles. The number of aryl methyl sites for hydroxylation is 3. The molecule has 1 unspecified atom stereocenters. The second kappa shape index (κ2) is 5.59. The highest BCUT2D eigenvalue weighted by molar-refractivity contribution is 5.95. The maximum absolute atomic E-state index is 12.7. The van der Waals surface area contributed by atoms with Gasteiger partial charge in [-0.25, -0.2) is 4.98 Å². The molecule has 0 radical (unpaired) electrons. The van der Waals surface area contributed by atoms with Crippen molar-refractivity contribution in [2.24, 2.45) is 0 Å². The number of amides is 1. The molecule has 118 valence electrons. The Balaban J connectivity index is 1.77. The fraction of sp³-hybridized carbons (Fsp3) is 0.562. The smallest absolute Gasteiger partial charge is 0.257 e. The lowest BCUT2D eigenvalue weighted by molar-refractivity contribution is 0.0786. The number of likely N-dealkylation sites (tertiary alicyclic amines) is 1. The van der Waals surface area contributed by atoms with Crippen molar-refractivity contribution in [1.29, 1.82) is 0 Å². The third-order valence-corrected chi connectivity index (χ3v) is 4.62. The molecule has 22 heavy (non-hydrogen) atoms. The Morgan fingerprint density at radius 3 is 2.68 bits per heavy atom. The average Bonchev–Trinajstić information content (AvgIpc) is 3.18. The standard InChI is InChI=1S/C16H23N5O/c1-5-20-12(3)15(9-18-20)16(22)19-7-6-14(10-19)21-11(2)8-17-13(21)4/h8-9,14H,5-7,10H2,1-4H3. The van der Waals surface area contributed by atoms with Gasteiger partial charge in [-0.05, 0) is 34.1 Å². The van der Waals surface area contributed by atoms with E-state index >= 15 is 0 Å². The number of carbonyl (C=O) groups excluding carboxylic acids is 1. The molecule has 0 aliphatic carbocycles. The molecule has 1 aliphatic rings. The van der Waals surface area contributed by atoms with E-state index in [0.29, 0.717) is 6.04 Å². The topological polar surface area (TPSA) is 56.0 Å². The van der Waals surface area contributed by atoms with E-state index in [4.69, 9.17) is 0 Å². The predicted molar refractivity (Wildman–Crippen MR) is 83.9 cm³/mol. The molecule has 3 rings (SSSR count). The highest BCUT2D eigenvalue weighted by Crippen LogP contribution is 2.26. The molecule has 1 saturated heterocycles. The largest absolute Gasteiger partial charge is 0.336 e. The predicted octanol–water partition coefficient (Wildman–Crippen LogP) is 2.11. The van der Waals surface area contributed by atoms with Crippen molar-refractivity contribution in [3.05, 3.63) is 35.2 Å². The number of nitrogens with zero attached hydrogens (tertiary/aromatic N) is 5. The van der Waals surface area contributed by atoms with E-state index in [-0.39, 0.29) is 5.91 Å². The summed E-state index contributed by atoms with van der Waals surface area (Å²) in [5.41, 5.74) is 2.83. The summed E-state index contributed by atoms with van der Waals surface area (Å²) in [4.78, 5) is 19.0. The fourth-order valence-corrected chi connectivity index (χ4v) is 3.40. The second-order valence-electron chi connectivity index (χ2n) is 5.97. The molecule has 0 spiro atoms. The third kappa shape index (κ3) is 2.32. The van der Waals surface area contributed by atoms with Gasteiger partial charge in [-0.3, -0.25) is 9.48 Å². The van der Waals surface area contributed by atoms with Crippen molar-refractivity contribution in [3.8, 4) is 0 Å². The van der Waals surface area contributed by atoms with Gasteiger partial charge in [0.15, 0.2) is 0 Å². The van der Waals surface area contributed by atoms with Gasteiger partial charge in [0.05, 0.1) is 17.8 Å².